The van der Waals surface area contributed by atoms with Gasteiger partial charge < -0.3 is 9.47 Å². The molecule has 0 aromatic heterocycles. The van der Waals surface area contributed by atoms with Crippen molar-refractivity contribution in [3.05, 3.63) is 10.5 Å². The van der Waals surface area contributed by atoms with Crippen molar-refractivity contribution in [2.75, 3.05) is 0 Å². The summed E-state index contributed by atoms with van der Waals surface area (Å²) < 4.78 is 12.6. The van der Waals surface area contributed by atoms with E-state index in [2.05, 4.69) is 4.40 Å². The number of hydrogen-bond acceptors (Lipinski definition) is 6. The Morgan fingerprint density at radius 3 is 2.25 bits per heavy atom. The van der Waals surface area contributed by atoms with Crippen LogP contribution in [-0.2, 0) is 19.1 Å². The third kappa shape index (κ3) is 2.07. The third-order valence-electron chi connectivity index (χ3n) is 1.77. The lowest BCUT2D eigenvalue weighted by Gasteiger charge is -2.29. The Kier molecular flexibility index (Phi) is 2.93. The SMILES string of the molecule is CC1(C)OC(=O)C(=C2SS[NH+]=C2Cl)C(=O)O1. The van der Waals surface area contributed by atoms with Crippen molar-refractivity contribution >= 4 is 50.5 Å². The number of carbonyl (C=O) groups is 2. The van der Waals surface area contributed by atoms with Gasteiger partial charge in [0.15, 0.2) is 5.57 Å². The van der Waals surface area contributed by atoms with Crippen molar-refractivity contribution in [3.63, 3.8) is 0 Å². The van der Waals surface area contributed by atoms with Crippen LogP contribution in [0.15, 0.2) is 10.5 Å². The summed E-state index contributed by atoms with van der Waals surface area (Å²) in [4.78, 5) is 23.6. The van der Waals surface area contributed by atoms with Gasteiger partial charge in [-0.15, -0.1) is 0 Å². The molecule has 1 saturated heterocycles. The number of esters is 2. The summed E-state index contributed by atoms with van der Waals surface area (Å²) in [5.41, 5.74) is -0.160. The molecule has 2 rings (SSSR count). The van der Waals surface area contributed by atoms with Crippen molar-refractivity contribution in [2.45, 2.75) is 19.6 Å². The lowest BCUT2D eigenvalue weighted by Crippen LogP contribution is -2.58. The Bertz CT molecular complexity index is 421. The van der Waals surface area contributed by atoms with Gasteiger partial charge in [-0.3, -0.25) is 0 Å². The smallest absolute Gasteiger partial charge is 0.350 e. The Hall–Kier alpha value is -0.660. The maximum absolute atomic E-state index is 11.6. The molecule has 1 fully saturated rings. The van der Waals surface area contributed by atoms with Crippen molar-refractivity contribution in [2.24, 2.45) is 0 Å². The van der Waals surface area contributed by atoms with Crippen LogP contribution in [0.3, 0.4) is 0 Å². The van der Waals surface area contributed by atoms with E-state index in [0.717, 1.165) is 0 Å². The molecule has 0 unspecified atom stereocenters. The van der Waals surface area contributed by atoms with Crippen molar-refractivity contribution in [3.8, 4) is 0 Å². The van der Waals surface area contributed by atoms with Gasteiger partial charge in [-0.2, -0.15) is 4.40 Å². The second-order valence-corrected chi connectivity index (χ2v) is 5.79. The van der Waals surface area contributed by atoms with Crippen LogP contribution in [0.1, 0.15) is 13.8 Å². The van der Waals surface area contributed by atoms with E-state index in [1.54, 1.807) is 0 Å². The van der Waals surface area contributed by atoms with Gasteiger partial charge >= 0.3 is 11.9 Å². The fraction of sp³-hybridized carbons (Fsp3) is 0.375. The van der Waals surface area contributed by atoms with Gasteiger partial charge in [0.2, 0.25) is 11.0 Å². The van der Waals surface area contributed by atoms with Crippen LogP contribution in [0.2, 0.25) is 0 Å². The molecule has 0 spiro atoms. The van der Waals surface area contributed by atoms with E-state index in [-0.39, 0.29) is 10.7 Å². The molecule has 0 aromatic rings. The van der Waals surface area contributed by atoms with Gasteiger partial charge in [-0.25, -0.2) is 9.59 Å². The average Bonchev–Trinajstić information content (AvgIpc) is 2.48. The van der Waals surface area contributed by atoms with Crippen molar-refractivity contribution in [1.82, 2.24) is 0 Å². The van der Waals surface area contributed by atoms with E-state index in [1.807, 2.05) is 0 Å². The molecule has 16 heavy (non-hydrogen) atoms. The summed E-state index contributed by atoms with van der Waals surface area (Å²) in [5, 5.41) is 0.235. The number of halogens is 1. The van der Waals surface area contributed by atoms with E-state index in [4.69, 9.17) is 21.1 Å². The van der Waals surface area contributed by atoms with E-state index < -0.39 is 17.7 Å². The first-order valence-corrected chi connectivity index (χ1v) is 6.77. The van der Waals surface area contributed by atoms with Gasteiger partial charge in [0, 0.05) is 24.6 Å². The number of rotatable bonds is 0. The van der Waals surface area contributed by atoms with Crippen LogP contribution in [0, 0.1) is 0 Å². The summed E-state index contributed by atoms with van der Waals surface area (Å²) in [7, 11) is 2.39. The van der Waals surface area contributed by atoms with E-state index in [0.29, 0.717) is 4.91 Å². The van der Waals surface area contributed by atoms with Crippen LogP contribution < -0.4 is 4.40 Å². The zero-order valence-corrected chi connectivity index (χ0v) is 10.7. The maximum Gasteiger partial charge on any atom is 0.350 e. The van der Waals surface area contributed by atoms with Crippen molar-refractivity contribution < 1.29 is 23.5 Å². The number of hydrogen-bond donors (Lipinski definition) is 1. The first-order valence-electron chi connectivity index (χ1n) is 4.24. The predicted molar refractivity (Wildman–Crippen MR) is 60.3 cm³/mol. The normalized spacial score (nSPS) is 24.1. The van der Waals surface area contributed by atoms with Crippen molar-refractivity contribution in [1.29, 1.82) is 0 Å². The highest BCUT2D eigenvalue weighted by Gasteiger charge is 2.44. The van der Waals surface area contributed by atoms with Gasteiger partial charge in [0.1, 0.15) is 4.91 Å². The van der Waals surface area contributed by atoms with Crippen LogP contribution in [0.5, 0.6) is 0 Å². The Balaban J connectivity index is 2.41. The maximum atomic E-state index is 11.6. The summed E-state index contributed by atoms with van der Waals surface area (Å²) in [6.07, 6.45) is 0. The second-order valence-electron chi connectivity index (χ2n) is 3.47. The molecule has 8 heteroatoms. The van der Waals surface area contributed by atoms with Crippen LogP contribution >= 0.6 is 33.4 Å². The van der Waals surface area contributed by atoms with Gasteiger partial charge in [-0.1, -0.05) is 0 Å². The van der Waals surface area contributed by atoms with E-state index >= 15 is 0 Å². The molecule has 2 aliphatic rings. The molecule has 5 nitrogen and oxygen atoms in total. The largest absolute Gasteiger partial charge is 0.419 e. The molecule has 1 N–H and O–H groups in total. The van der Waals surface area contributed by atoms with Crippen LogP contribution in [0.25, 0.3) is 0 Å². The number of carbonyl (C=O) groups excluding carboxylic acids is 2. The van der Waals surface area contributed by atoms with Gasteiger partial charge in [0.25, 0.3) is 11.0 Å². The molecule has 2 aliphatic heterocycles. The van der Waals surface area contributed by atoms with E-state index in [9.17, 15) is 9.59 Å². The molecule has 86 valence electrons. The minimum atomic E-state index is -1.23. The lowest BCUT2D eigenvalue weighted by molar-refractivity contribution is -0.234. The topological polar surface area (TPSA) is 66.6 Å². The first-order chi connectivity index (χ1) is 7.41. The monoisotopic (exact) mass is 280 g/mol. The fourth-order valence-corrected chi connectivity index (χ4v) is 3.64. The zero-order chi connectivity index (χ0) is 11.9. The Labute approximate surface area is 104 Å². The van der Waals surface area contributed by atoms with Gasteiger partial charge in [0.05, 0.1) is 0 Å². The highest BCUT2D eigenvalue weighted by molar-refractivity contribution is 8.76. The number of allylic oxidation sites excluding steroid dienone is 1. The molecule has 0 atom stereocenters. The quantitative estimate of drug-likeness (QED) is 0.223. The standard InChI is InChI=1S/C8H6ClNO4S2/c1-8(2)13-6(11)3(7(12)14-8)4-5(9)10-16-15-4/h1-2H3/p+1. The summed E-state index contributed by atoms with van der Waals surface area (Å²) >= 11 is 5.80. The highest BCUT2D eigenvalue weighted by Crippen LogP contribution is 2.35. The van der Waals surface area contributed by atoms with Crippen LogP contribution in [0.4, 0.5) is 0 Å². The number of cyclic esters (lactones) is 2. The minimum absolute atomic E-state index is 0.160. The highest BCUT2D eigenvalue weighted by atomic mass is 35.5. The van der Waals surface area contributed by atoms with Gasteiger partial charge in [-0.05, 0) is 11.6 Å². The lowest BCUT2D eigenvalue weighted by atomic mass is 10.2. The van der Waals surface area contributed by atoms with E-state index in [1.165, 1.54) is 35.6 Å². The molecule has 2 heterocycles. The molecule has 0 saturated carbocycles. The molecule has 0 aliphatic carbocycles. The molecule has 0 bridgehead atoms. The summed E-state index contributed by atoms with van der Waals surface area (Å²) in [5.74, 6) is -2.66. The number of nitrogens with one attached hydrogen (secondary N) is 1. The van der Waals surface area contributed by atoms with Crippen LogP contribution in [-0.4, -0.2) is 22.9 Å². The Morgan fingerprint density at radius 2 is 1.81 bits per heavy atom. The third-order valence-corrected chi connectivity index (χ3v) is 4.22. The molecular weight excluding hydrogens is 274 g/mol. The zero-order valence-electron chi connectivity index (χ0n) is 8.33. The molecular formula is C8H7ClNO4S2+. The summed E-state index contributed by atoms with van der Waals surface area (Å²) in [6.45, 7) is 2.98. The average molecular weight is 281 g/mol. The Morgan fingerprint density at radius 1 is 1.25 bits per heavy atom. The second kappa shape index (κ2) is 3.97. The molecule has 0 radical (unpaired) electrons. The minimum Gasteiger partial charge on any atom is -0.419 e. The predicted octanol–water partition coefficient (Wildman–Crippen LogP) is 0.104. The fourth-order valence-electron chi connectivity index (χ4n) is 1.17. The number of ether oxygens (including phenoxy) is 2. The molecule has 0 aromatic carbocycles. The first kappa shape index (κ1) is 11.8. The summed E-state index contributed by atoms with van der Waals surface area (Å²) in [6, 6.07) is 0. The molecule has 0 amide bonds.